The normalized spacial score (nSPS) is 11.9. The van der Waals surface area contributed by atoms with Crippen LogP contribution in [-0.4, -0.2) is 22.8 Å². The standard InChI is InChI=1S/C16H21NO4/c1-11(9-14(18)19)13-8-6-5-7-12(13)10-17-15(20)21-16(2,3)4/h5-9H,10H2,1-4H3,(H,17,20)(H,18,19)/b11-9-. The van der Waals surface area contributed by atoms with Crippen LogP contribution in [0.1, 0.15) is 38.8 Å². The molecule has 0 spiro atoms. The Hall–Kier alpha value is -2.30. The third-order valence-electron chi connectivity index (χ3n) is 2.60. The summed E-state index contributed by atoms with van der Waals surface area (Å²) in [7, 11) is 0. The number of benzene rings is 1. The van der Waals surface area contributed by atoms with Gasteiger partial charge in [0.2, 0.25) is 0 Å². The Labute approximate surface area is 124 Å². The van der Waals surface area contributed by atoms with E-state index in [2.05, 4.69) is 5.32 Å². The van der Waals surface area contributed by atoms with Gasteiger partial charge in [-0.25, -0.2) is 9.59 Å². The van der Waals surface area contributed by atoms with E-state index in [-0.39, 0.29) is 6.54 Å². The highest BCUT2D eigenvalue weighted by Gasteiger charge is 2.16. The van der Waals surface area contributed by atoms with Crippen LogP contribution in [0.2, 0.25) is 0 Å². The number of hydrogen-bond donors (Lipinski definition) is 2. The number of carbonyl (C=O) groups excluding carboxylic acids is 1. The molecule has 0 bridgehead atoms. The molecule has 2 N–H and O–H groups in total. The molecule has 5 heteroatoms. The van der Waals surface area contributed by atoms with Gasteiger partial charge in [-0.2, -0.15) is 0 Å². The minimum atomic E-state index is -0.998. The summed E-state index contributed by atoms with van der Waals surface area (Å²) in [5, 5.41) is 11.5. The van der Waals surface area contributed by atoms with Crippen molar-refractivity contribution in [2.45, 2.75) is 39.8 Å². The molecule has 5 nitrogen and oxygen atoms in total. The first-order chi connectivity index (χ1) is 9.69. The van der Waals surface area contributed by atoms with Gasteiger partial charge in [-0.15, -0.1) is 0 Å². The molecule has 1 amide bonds. The molecule has 0 aliphatic rings. The zero-order chi connectivity index (χ0) is 16.0. The van der Waals surface area contributed by atoms with Crippen molar-refractivity contribution in [3.8, 4) is 0 Å². The Kier molecular flexibility index (Phi) is 5.52. The fraction of sp³-hybridized carbons (Fsp3) is 0.375. The number of rotatable bonds is 4. The smallest absolute Gasteiger partial charge is 0.407 e. The van der Waals surface area contributed by atoms with Crippen molar-refractivity contribution in [1.82, 2.24) is 5.32 Å². The van der Waals surface area contributed by atoms with E-state index in [0.717, 1.165) is 17.2 Å². The number of carboxylic acid groups (broad SMARTS) is 1. The summed E-state index contributed by atoms with van der Waals surface area (Å²) in [6.45, 7) is 7.37. The van der Waals surface area contributed by atoms with Crippen LogP contribution in [0, 0.1) is 0 Å². The third-order valence-corrected chi connectivity index (χ3v) is 2.60. The molecule has 114 valence electrons. The van der Waals surface area contributed by atoms with Gasteiger partial charge >= 0.3 is 12.1 Å². The topological polar surface area (TPSA) is 75.6 Å². The van der Waals surface area contributed by atoms with Crippen molar-refractivity contribution in [2.75, 3.05) is 0 Å². The number of allylic oxidation sites excluding steroid dienone is 1. The zero-order valence-corrected chi connectivity index (χ0v) is 12.8. The number of hydrogen-bond acceptors (Lipinski definition) is 3. The Morgan fingerprint density at radius 2 is 1.90 bits per heavy atom. The summed E-state index contributed by atoms with van der Waals surface area (Å²) in [6, 6.07) is 7.32. The van der Waals surface area contributed by atoms with Gasteiger partial charge in [0.1, 0.15) is 5.60 Å². The Morgan fingerprint density at radius 3 is 2.48 bits per heavy atom. The van der Waals surface area contributed by atoms with Crippen molar-refractivity contribution < 1.29 is 19.4 Å². The van der Waals surface area contributed by atoms with Gasteiger partial charge in [0.15, 0.2) is 0 Å². The lowest BCUT2D eigenvalue weighted by atomic mass is 10.0. The number of aliphatic carboxylic acids is 1. The van der Waals surface area contributed by atoms with E-state index in [0.29, 0.717) is 5.57 Å². The molecule has 1 aromatic rings. The number of carboxylic acids is 1. The van der Waals surface area contributed by atoms with Crippen LogP contribution in [0.15, 0.2) is 30.3 Å². The van der Waals surface area contributed by atoms with Crippen molar-refractivity contribution in [1.29, 1.82) is 0 Å². The Bertz CT molecular complexity index is 556. The SMILES string of the molecule is C/C(=C/C(=O)O)c1ccccc1CNC(=O)OC(C)(C)C. The highest BCUT2D eigenvalue weighted by molar-refractivity contribution is 5.90. The maximum absolute atomic E-state index is 11.6. The maximum Gasteiger partial charge on any atom is 0.407 e. The molecule has 0 radical (unpaired) electrons. The van der Waals surface area contributed by atoms with E-state index < -0.39 is 17.7 Å². The van der Waals surface area contributed by atoms with Gasteiger partial charge in [0.05, 0.1) is 0 Å². The predicted octanol–water partition coefficient (Wildman–Crippen LogP) is 3.20. The molecule has 0 fully saturated rings. The lowest BCUT2D eigenvalue weighted by molar-refractivity contribution is -0.131. The van der Waals surface area contributed by atoms with Crippen molar-refractivity contribution in [3.05, 3.63) is 41.5 Å². The fourth-order valence-corrected chi connectivity index (χ4v) is 1.80. The highest BCUT2D eigenvalue weighted by Crippen LogP contribution is 2.19. The van der Waals surface area contributed by atoms with Crippen LogP contribution >= 0.6 is 0 Å². The molecule has 0 atom stereocenters. The van der Waals surface area contributed by atoms with E-state index in [1.165, 1.54) is 0 Å². The van der Waals surface area contributed by atoms with Crippen LogP contribution in [0.5, 0.6) is 0 Å². The summed E-state index contributed by atoms with van der Waals surface area (Å²) >= 11 is 0. The summed E-state index contributed by atoms with van der Waals surface area (Å²) in [5.41, 5.74) is 1.70. The largest absolute Gasteiger partial charge is 0.478 e. The molecule has 0 aliphatic heterocycles. The molecule has 0 unspecified atom stereocenters. The van der Waals surface area contributed by atoms with Gasteiger partial charge in [0.25, 0.3) is 0 Å². The lowest BCUT2D eigenvalue weighted by Crippen LogP contribution is -2.32. The third kappa shape index (κ3) is 6.12. The monoisotopic (exact) mass is 291 g/mol. The molecule has 0 aliphatic carbocycles. The van der Waals surface area contributed by atoms with Crippen molar-refractivity contribution in [2.24, 2.45) is 0 Å². The van der Waals surface area contributed by atoms with Crippen LogP contribution in [0.3, 0.4) is 0 Å². The quantitative estimate of drug-likeness (QED) is 0.835. The lowest BCUT2D eigenvalue weighted by Gasteiger charge is -2.20. The summed E-state index contributed by atoms with van der Waals surface area (Å²) in [5.74, 6) is -0.998. The summed E-state index contributed by atoms with van der Waals surface area (Å²) < 4.78 is 5.17. The molecule has 21 heavy (non-hydrogen) atoms. The molecule has 0 saturated heterocycles. The van der Waals surface area contributed by atoms with Crippen LogP contribution in [0.25, 0.3) is 5.57 Å². The molecule has 0 aromatic heterocycles. The van der Waals surface area contributed by atoms with Crippen molar-refractivity contribution >= 4 is 17.6 Å². The number of nitrogens with one attached hydrogen (secondary N) is 1. The molecular formula is C16H21NO4. The van der Waals surface area contributed by atoms with Gasteiger partial charge in [-0.3, -0.25) is 0 Å². The zero-order valence-electron chi connectivity index (χ0n) is 12.8. The maximum atomic E-state index is 11.6. The van der Waals surface area contributed by atoms with E-state index in [1.807, 2.05) is 24.3 Å². The first-order valence-electron chi connectivity index (χ1n) is 6.65. The average Bonchev–Trinajstić information content (AvgIpc) is 2.33. The van der Waals surface area contributed by atoms with Gasteiger partial charge < -0.3 is 15.2 Å². The minimum absolute atomic E-state index is 0.274. The highest BCUT2D eigenvalue weighted by atomic mass is 16.6. The minimum Gasteiger partial charge on any atom is -0.478 e. The molecule has 1 rings (SSSR count). The van der Waals surface area contributed by atoms with Crippen LogP contribution in [-0.2, 0) is 16.1 Å². The Balaban J connectivity index is 2.81. The van der Waals surface area contributed by atoms with Gasteiger partial charge in [-0.1, -0.05) is 24.3 Å². The van der Waals surface area contributed by atoms with Crippen LogP contribution in [0.4, 0.5) is 4.79 Å². The number of ether oxygens (including phenoxy) is 1. The number of carbonyl (C=O) groups is 2. The molecular weight excluding hydrogens is 270 g/mol. The Morgan fingerprint density at radius 1 is 1.29 bits per heavy atom. The second-order valence-electron chi connectivity index (χ2n) is 5.68. The van der Waals surface area contributed by atoms with E-state index >= 15 is 0 Å². The molecule has 0 heterocycles. The number of amides is 1. The van der Waals surface area contributed by atoms with Crippen LogP contribution < -0.4 is 5.32 Å². The second-order valence-corrected chi connectivity index (χ2v) is 5.68. The number of alkyl carbamates (subject to hydrolysis) is 1. The first-order valence-corrected chi connectivity index (χ1v) is 6.65. The van der Waals surface area contributed by atoms with Gasteiger partial charge in [0, 0.05) is 12.6 Å². The first kappa shape index (κ1) is 16.8. The van der Waals surface area contributed by atoms with E-state index in [9.17, 15) is 9.59 Å². The second kappa shape index (κ2) is 6.92. The van der Waals surface area contributed by atoms with Crippen molar-refractivity contribution in [3.63, 3.8) is 0 Å². The predicted molar refractivity (Wildman–Crippen MR) is 80.8 cm³/mol. The molecule has 0 saturated carbocycles. The average molecular weight is 291 g/mol. The summed E-state index contributed by atoms with van der Waals surface area (Å²) in [4.78, 5) is 22.4. The van der Waals surface area contributed by atoms with Gasteiger partial charge in [-0.05, 0) is 44.4 Å². The molecule has 1 aromatic carbocycles. The van der Waals surface area contributed by atoms with E-state index in [4.69, 9.17) is 9.84 Å². The summed E-state index contributed by atoms with van der Waals surface area (Å²) in [6.07, 6.45) is 0.643. The fourth-order valence-electron chi connectivity index (χ4n) is 1.80. The van der Waals surface area contributed by atoms with E-state index in [1.54, 1.807) is 27.7 Å².